The van der Waals surface area contributed by atoms with Crippen LogP contribution in [-0.2, 0) is 4.79 Å². The summed E-state index contributed by atoms with van der Waals surface area (Å²) in [5, 5.41) is 10.7. The lowest BCUT2D eigenvalue weighted by Gasteiger charge is -2.02. The third-order valence-electron chi connectivity index (χ3n) is 1.96. The van der Waals surface area contributed by atoms with Crippen LogP contribution in [-0.4, -0.2) is 23.1 Å². The van der Waals surface area contributed by atoms with Gasteiger partial charge in [-0.3, -0.25) is 19.9 Å². The van der Waals surface area contributed by atoms with Crippen LogP contribution in [0, 0.1) is 16.0 Å². The fraction of sp³-hybridized carbons (Fsp3) is 0.500. The average Bonchev–Trinajstić information content (AvgIpc) is 2.46. The van der Waals surface area contributed by atoms with E-state index in [2.05, 4.69) is 4.99 Å². The molecule has 0 saturated carbocycles. The van der Waals surface area contributed by atoms with Crippen LogP contribution in [0.3, 0.4) is 0 Å². The first-order valence-electron chi connectivity index (χ1n) is 4.17. The Bertz CT molecular complexity index is 355. The molecule has 76 valence electrons. The molecule has 0 spiro atoms. The summed E-state index contributed by atoms with van der Waals surface area (Å²) in [6.07, 6.45) is 0. The van der Waals surface area contributed by atoms with Crippen LogP contribution in [0.15, 0.2) is 16.3 Å². The topological polar surface area (TPSA) is 98.6 Å². The molecular weight excluding hydrogens is 186 g/mol. The van der Waals surface area contributed by atoms with Gasteiger partial charge in [-0.1, -0.05) is 13.8 Å². The number of hydrogen-bond acceptors (Lipinski definition) is 4. The largest absolute Gasteiger partial charge is 0.366 e. The number of allylic oxidation sites excluding steroid dienone is 1. The summed E-state index contributed by atoms with van der Waals surface area (Å²) in [4.78, 5) is 24.9. The number of amides is 1. The summed E-state index contributed by atoms with van der Waals surface area (Å²) in [6.45, 7) is 3.59. The predicted octanol–water partition coefficient (Wildman–Crippen LogP) is 0.113. The number of hydrogen-bond donors (Lipinski definition) is 1. The molecule has 0 bridgehead atoms. The van der Waals surface area contributed by atoms with Crippen molar-refractivity contribution in [1.29, 1.82) is 0 Å². The zero-order chi connectivity index (χ0) is 10.9. The minimum Gasteiger partial charge on any atom is -0.366 e. The van der Waals surface area contributed by atoms with E-state index in [0.717, 1.165) is 0 Å². The van der Waals surface area contributed by atoms with Crippen molar-refractivity contribution in [2.24, 2.45) is 16.6 Å². The number of nitrogens with two attached hydrogens (primary N) is 1. The molecule has 0 aromatic rings. The number of primary amides is 1. The van der Waals surface area contributed by atoms with Gasteiger partial charge < -0.3 is 5.73 Å². The summed E-state index contributed by atoms with van der Waals surface area (Å²) in [6, 6.07) is 0. The Labute approximate surface area is 80.6 Å². The minimum absolute atomic E-state index is 0.00120. The highest BCUT2D eigenvalue weighted by Gasteiger charge is 2.34. The molecular formula is C8H11N3O3. The fourth-order valence-corrected chi connectivity index (χ4v) is 1.32. The number of carbonyl (C=O) groups excluding carboxylic acids is 1. The molecule has 0 saturated heterocycles. The van der Waals surface area contributed by atoms with Crippen molar-refractivity contribution in [3.8, 4) is 0 Å². The second kappa shape index (κ2) is 3.57. The molecule has 14 heavy (non-hydrogen) atoms. The van der Waals surface area contributed by atoms with Gasteiger partial charge in [-0.05, 0) is 0 Å². The molecule has 0 radical (unpaired) electrons. The van der Waals surface area contributed by atoms with Gasteiger partial charge in [-0.25, -0.2) is 0 Å². The maximum absolute atomic E-state index is 10.9. The van der Waals surface area contributed by atoms with Crippen LogP contribution in [0.2, 0.25) is 0 Å². The zero-order valence-corrected chi connectivity index (χ0v) is 7.98. The zero-order valence-electron chi connectivity index (χ0n) is 7.98. The Morgan fingerprint density at radius 2 is 2.21 bits per heavy atom. The van der Waals surface area contributed by atoms with Crippen LogP contribution < -0.4 is 5.73 Å². The molecule has 0 unspecified atom stereocenters. The van der Waals surface area contributed by atoms with Gasteiger partial charge >= 0.3 is 5.70 Å². The Kier molecular flexibility index (Phi) is 2.64. The van der Waals surface area contributed by atoms with Crippen molar-refractivity contribution in [2.75, 3.05) is 6.54 Å². The lowest BCUT2D eigenvalue weighted by Crippen LogP contribution is -2.21. The molecule has 0 atom stereocenters. The smallest absolute Gasteiger partial charge is 0.301 e. The van der Waals surface area contributed by atoms with Crippen molar-refractivity contribution in [3.63, 3.8) is 0 Å². The van der Waals surface area contributed by atoms with Gasteiger partial charge in [0.05, 0.1) is 11.5 Å². The fourth-order valence-electron chi connectivity index (χ4n) is 1.32. The Morgan fingerprint density at radius 3 is 2.57 bits per heavy atom. The molecule has 1 amide bonds. The molecule has 6 heteroatoms. The minimum atomic E-state index is -0.767. The Balaban J connectivity index is 3.17. The average molecular weight is 197 g/mol. The number of nitro groups is 1. The third kappa shape index (κ3) is 1.63. The monoisotopic (exact) mass is 197 g/mol. The Morgan fingerprint density at radius 1 is 1.64 bits per heavy atom. The maximum atomic E-state index is 10.9. The van der Waals surface area contributed by atoms with E-state index in [1.807, 2.05) is 0 Å². The standard InChI is InChI=1S/C8H11N3O3/c1-4(2)6-7(11(13)14)5(3-10-6)8(9)12/h4H,3H2,1-2H3,(H2,9,12). The first-order chi connectivity index (χ1) is 6.45. The number of nitrogens with zero attached hydrogens (tertiary/aromatic N) is 2. The van der Waals surface area contributed by atoms with E-state index < -0.39 is 10.8 Å². The van der Waals surface area contributed by atoms with Gasteiger partial charge in [-0.2, -0.15) is 0 Å². The number of rotatable bonds is 3. The van der Waals surface area contributed by atoms with Gasteiger partial charge in [0.15, 0.2) is 0 Å². The highest BCUT2D eigenvalue weighted by molar-refractivity contribution is 6.09. The normalized spacial score (nSPS) is 16.1. The summed E-state index contributed by atoms with van der Waals surface area (Å²) >= 11 is 0. The van der Waals surface area contributed by atoms with E-state index in [-0.39, 0.29) is 23.7 Å². The van der Waals surface area contributed by atoms with E-state index in [9.17, 15) is 14.9 Å². The van der Waals surface area contributed by atoms with Crippen LogP contribution >= 0.6 is 0 Å². The van der Waals surface area contributed by atoms with Gasteiger partial charge in [0.1, 0.15) is 11.3 Å². The van der Waals surface area contributed by atoms with Gasteiger partial charge in [0.2, 0.25) is 0 Å². The first kappa shape index (κ1) is 10.4. The van der Waals surface area contributed by atoms with Crippen molar-refractivity contribution < 1.29 is 9.72 Å². The second-order valence-electron chi connectivity index (χ2n) is 3.30. The molecule has 6 nitrogen and oxygen atoms in total. The molecule has 1 aliphatic rings. The van der Waals surface area contributed by atoms with Gasteiger partial charge in [-0.15, -0.1) is 0 Å². The molecule has 1 heterocycles. The van der Waals surface area contributed by atoms with Crippen molar-refractivity contribution in [3.05, 3.63) is 21.4 Å². The molecule has 1 aliphatic heterocycles. The van der Waals surface area contributed by atoms with Crippen LogP contribution in [0.5, 0.6) is 0 Å². The van der Waals surface area contributed by atoms with Crippen LogP contribution in [0.4, 0.5) is 0 Å². The molecule has 2 N–H and O–H groups in total. The predicted molar refractivity (Wildman–Crippen MR) is 50.4 cm³/mol. The third-order valence-corrected chi connectivity index (χ3v) is 1.96. The quantitative estimate of drug-likeness (QED) is 0.513. The summed E-state index contributed by atoms with van der Waals surface area (Å²) in [5.41, 5.74) is 5.15. The lowest BCUT2D eigenvalue weighted by atomic mass is 10.0. The molecule has 0 fully saturated rings. The van der Waals surface area contributed by atoms with E-state index in [1.165, 1.54) is 0 Å². The van der Waals surface area contributed by atoms with Gasteiger partial charge in [0.25, 0.3) is 5.91 Å². The highest BCUT2D eigenvalue weighted by Crippen LogP contribution is 2.20. The Hall–Kier alpha value is -1.72. The van der Waals surface area contributed by atoms with Crippen LogP contribution in [0.25, 0.3) is 0 Å². The SMILES string of the molecule is CC(C)C1=NCC(C(N)=O)=C1[N+](=O)[O-]. The number of carbonyl (C=O) groups is 1. The molecule has 0 aromatic heterocycles. The van der Waals surface area contributed by atoms with Crippen LogP contribution in [0.1, 0.15) is 13.8 Å². The first-order valence-corrected chi connectivity index (χ1v) is 4.17. The van der Waals surface area contributed by atoms with E-state index in [0.29, 0.717) is 5.71 Å². The molecule has 1 rings (SSSR count). The van der Waals surface area contributed by atoms with E-state index in [4.69, 9.17) is 5.73 Å². The molecule has 0 aliphatic carbocycles. The summed E-state index contributed by atoms with van der Waals surface area (Å²) < 4.78 is 0. The summed E-state index contributed by atoms with van der Waals surface area (Å²) in [7, 11) is 0. The lowest BCUT2D eigenvalue weighted by molar-refractivity contribution is -0.415. The van der Waals surface area contributed by atoms with E-state index >= 15 is 0 Å². The highest BCUT2D eigenvalue weighted by atomic mass is 16.6. The van der Waals surface area contributed by atoms with E-state index in [1.54, 1.807) is 13.8 Å². The maximum Gasteiger partial charge on any atom is 0.301 e. The van der Waals surface area contributed by atoms with Gasteiger partial charge in [0, 0.05) is 5.92 Å². The van der Waals surface area contributed by atoms with Crippen molar-refractivity contribution in [1.82, 2.24) is 0 Å². The number of aliphatic imine (C=N–C) groups is 1. The van der Waals surface area contributed by atoms with Crippen molar-refractivity contribution >= 4 is 11.6 Å². The second-order valence-corrected chi connectivity index (χ2v) is 3.30. The van der Waals surface area contributed by atoms with Crippen molar-refractivity contribution in [2.45, 2.75) is 13.8 Å². The summed E-state index contributed by atoms with van der Waals surface area (Å²) in [5.74, 6) is -0.844. The molecule has 0 aromatic carbocycles.